The van der Waals surface area contributed by atoms with Crippen LogP contribution in [0.1, 0.15) is 32.7 Å². The van der Waals surface area contributed by atoms with Crippen LogP contribution in [0.3, 0.4) is 0 Å². The van der Waals surface area contributed by atoms with Gasteiger partial charge in [-0.25, -0.2) is 4.98 Å². The van der Waals surface area contributed by atoms with Crippen LogP contribution in [-0.4, -0.2) is 33.6 Å². The van der Waals surface area contributed by atoms with Crippen molar-refractivity contribution in [1.29, 1.82) is 0 Å². The lowest BCUT2D eigenvalue weighted by atomic mass is 10.0. The summed E-state index contributed by atoms with van der Waals surface area (Å²) in [6.07, 6.45) is 8.41. The van der Waals surface area contributed by atoms with Gasteiger partial charge in [-0.2, -0.15) is 0 Å². The molecule has 1 fully saturated rings. The Balaban J connectivity index is 1.90. The van der Waals surface area contributed by atoms with E-state index >= 15 is 0 Å². The third-order valence-corrected chi connectivity index (χ3v) is 3.18. The van der Waals surface area contributed by atoms with Gasteiger partial charge >= 0.3 is 0 Å². The van der Waals surface area contributed by atoms with E-state index in [2.05, 4.69) is 34.5 Å². The van der Waals surface area contributed by atoms with Crippen LogP contribution in [0.4, 0.5) is 0 Å². The monoisotopic (exact) mass is 193 g/mol. The van der Waals surface area contributed by atoms with E-state index in [4.69, 9.17) is 0 Å². The van der Waals surface area contributed by atoms with E-state index in [-0.39, 0.29) is 0 Å². The zero-order valence-corrected chi connectivity index (χ0v) is 9.06. The van der Waals surface area contributed by atoms with Crippen LogP contribution in [0.5, 0.6) is 0 Å². The van der Waals surface area contributed by atoms with Gasteiger partial charge in [0, 0.05) is 37.6 Å². The maximum absolute atomic E-state index is 4.10. The molecule has 0 amide bonds. The van der Waals surface area contributed by atoms with E-state index < -0.39 is 0 Å². The van der Waals surface area contributed by atoms with Crippen molar-refractivity contribution in [3.63, 3.8) is 0 Å². The summed E-state index contributed by atoms with van der Waals surface area (Å²) in [6, 6.07) is 1.37. The fraction of sp³-hybridized carbons (Fsp3) is 0.727. The predicted octanol–water partition coefficient (Wildman–Crippen LogP) is 1.93. The van der Waals surface area contributed by atoms with Gasteiger partial charge < -0.3 is 9.47 Å². The van der Waals surface area contributed by atoms with Crippen molar-refractivity contribution in [2.75, 3.05) is 13.1 Å². The molecular formula is C11H19N3. The van der Waals surface area contributed by atoms with E-state index in [1.54, 1.807) is 0 Å². The first kappa shape index (κ1) is 9.71. The molecule has 1 aliphatic rings. The summed E-state index contributed by atoms with van der Waals surface area (Å²) in [4.78, 5) is 6.65. The fourth-order valence-electron chi connectivity index (χ4n) is 2.19. The summed E-state index contributed by atoms with van der Waals surface area (Å²) in [6.45, 7) is 7.00. The van der Waals surface area contributed by atoms with Gasteiger partial charge in [0.15, 0.2) is 0 Å². The van der Waals surface area contributed by atoms with E-state index in [1.165, 1.54) is 25.9 Å². The normalized spacial score (nSPS) is 20.5. The topological polar surface area (TPSA) is 21.1 Å². The summed E-state index contributed by atoms with van der Waals surface area (Å²) in [5.41, 5.74) is 0. The minimum absolute atomic E-state index is 0.674. The Hall–Kier alpha value is -0.830. The average molecular weight is 193 g/mol. The number of hydrogen-bond acceptors (Lipinski definition) is 2. The molecule has 0 spiro atoms. The third kappa shape index (κ3) is 1.98. The molecule has 0 unspecified atom stereocenters. The van der Waals surface area contributed by atoms with E-state index in [0.717, 1.165) is 0 Å². The highest BCUT2D eigenvalue weighted by molar-refractivity contribution is 4.84. The second-order valence-corrected chi connectivity index (χ2v) is 4.37. The lowest BCUT2D eigenvalue weighted by Gasteiger charge is -2.34. The second-order valence-electron chi connectivity index (χ2n) is 4.37. The second kappa shape index (κ2) is 4.13. The first-order valence-electron chi connectivity index (χ1n) is 5.49. The molecule has 0 aromatic carbocycles. The summed E-state index contributed by atoms with van der Waals surface area (Å²) in [7, 11) is 0. The lowest BCUT2D eigenvalue weighted by Crippen LogP contribution is -2.38. The summed E-state index contributed by atoms with van der Waals surface area (Å²) in [5, 5.41) is 0. The average Bonchev–Trinajstić information content (AvgIpc) is 2.71. The molecule has 2 heterocycles. The smallest absolute Gasteiger partial charge is 0.0948 e. The number of nitrogens with zero attached hydrogens (tertiary/aromatic N) is 3. The summed E-state index contributed by atoms with van der Waals surface area (Å²) >= 11 is 0. The SMILES string of the molecule is CC(C)N1CCC(n2ccnc2)CC1. The first-order valence-corrected chi connectivity index (χ1v) is 5.49. The Kier molecular flexibility index (Phi) is 2.87. The molecular weight excluding hydrogens is 174 g/mol. The number of aromatic nitrogens is 2. The van der Waals surface area contributed by atoms with Crippen LogP contribution in [0, 0.1) is 0 Å². The van der Waals surface area contributed by atoms with Crippen LogP contribution in [-0.2, 0) is 0 Å². The minimum atomic E-state index is 0.674. The van der Waals surface area contributed by atoms with Crippen molar-refractivity contribution in [3.8, 4) is 0 Å². The molecule has 3 nitrogen and oxygen atoms in total. The zero-order valence-electron chi connectivity index (χ0n) is 9.06. The maximum atomic E-state index is 4.10. The Morgan fingerprint density at radius 2 is 2.00 bits per heavy atom. The Bertz CT molecular complexity index is 258. The van der Waals surface area contributed by atoms with Crippen LogP contribution in [0.2, 0.25) is 0 Å². The van der Waals surface area contributed by atoms with Crippen molar-refractivity contribution in [2.45, 2.75) is 38.8 Å². The molecule has 0 aliphatic carbocycles. The van der Waals surface area contributed by atoms with Gasteiger partial charge in [-0.3, -0.25) is 0 Å². The van der Waals surface area contributed by atoms with Crippen molar-refractivity contribution in [1.82, 2.24) is 14.5 Å². The summed E-state index contributed by atoms with van der Waals surface area (Å²) < 4.78 is 2.25. The molecule has 3 heteroatoms. The molecule has 1 aliphatic heterocycles. The van der Waals surface area contributed by atoms with Crippen LogP contribution in [0.25, 0.3) is 0 Å². The number of piperidine rings is 1. The standard InChI is InChI=1S/C11H19N3/c1-10(2)13-6-3-11(4-7-13)14-8-5-12-9-14/h5,8-11H,3-4,6-7H2,1-2H3. The molecule has 78 valence electrons. The molecule has 0 radical (unpaired) electrons. The van der Waals surface area contributed by atoms with Gasteiger partial charge in [-0.05, 0) is 26.7 Å². The van der Waals surface area contributed by atoms with Crippen LogP contribution < -0.4 is 0 Å². The molecule has 0 saturated carbocycles. The van der Waals surface area contributed by atoms with Crippen molar-refractivity contribution >= 4 is 0 Å². The molecule has 1 saturated heterocycles. The number of likely N-dealkylation sites (tertiary alicyclic amines) is 1. The first-order chi connectivity index (χ1) is 6.77. The number of rotatable bonds is 2. The van der Waals surface area contributed by atoms with Crippen LogP contribution in [0.15, 0.2) is 18.7 Å². The molecule has 0 atom stereocenters. The molecule has 0 bridgehead atoms. The van der Waals surface area contributed by atoms with Gasteiger partial charge in [0.1, 0.15) is 0 Å². The Morgan fingerprint density at radius 3 is 2.50 bits per heavy atom. The van der Waals surface area contributed by atoms with E-state index in [9.17, 15) is 0 Å². The highest BCUT2D eigenvalue weighted by Crippen LogP contribution is 2.22. The summed E-state index contributed by atoms with van der Waals surface area (Å²) in [5.74, 6) is 0. The van der Waals surface area contributed by atoms with E-state index in [1.807, 2.05) is 12.5 Å². The largest absolute Gasteiger partial charge is 0.334 e. The molecule has 14 heavy (non-hydrogen) atoms. The lowest BCUT2D eigenvalue weighted by molar-refractivity contribution is 0.152. The third-order valence-electron chi connectivity index (χ3n) is 3.18. The fourth-order valence-corrected chi connectivity index (χ4v) is 2.19. The molecule has 0 N–H and O–H groups in total. The Labute approximate surface area is 85.7 Å². The van der Waals surface area contributed by atoms with E-state index in [0.29, 0.717) is 12.1 Å². The zero-order chi connectivity index (χ0) is 9.97. The molecule has 1 aromatic heterocycles. The maximum Gasteiger partial charge on any atom is 0.0948 e. The number of imidazole rings is 1. The van der Waals surface area contributed by atoms with Gasteiger partial charge in [0.05, 0.1) is 6.33 Å². The van der Waals surface area contributed by atoms with Crippen molar-refractivity contribution in [3.05, 3.63) is 18.7 Å². The highest BCUT2D eigenvalue weighted by atomic mass is 15.2. The molecule has 2 rings (SSSR count). The van der Waals surface area contributed by atoms with Gasteiger partial charge in [-0.15, -0.1) is 0 Å². The minimum Gasteiger partial charge on any atom is -0.334 e. The molecule has 1 aromatic rings. The highest BCUT2D eigenvalue weighted by Gasteiger charge is 2.21. The quantitative estimate of drug-likeness (QED) is 0.715. The van der Waals surface area contributed by atoms with Gasteiger partial charge in [0.25, 0.3) is 0 Å². The van der Waals surface area contributed by atoms with Crippen LogP contribution >= 0.6 is 0 Å². The van der Waals surface area contributed by atoms with Gasteiger partial charge in [-0.1, -0.05) is 0 Å². The predicted molar refractivity (Wildman–Crippen MR) is 57.2 cm³/mol. The van der Waals surface area contributed by atoms with Gasteiger partial charge in [0.2, 0.25) is 0 Å². The number of hydrogen-bond donors (Lipinski definition) is 0. The Morgan fingerprint density at radius 1 is 1.29 bits per heavy atom. The van der Waals surface area contributed by atoms with Crippen molar-refractivity contribution in [2.24, 2.45) is 0 Å². The van der Waals surface area contributed by atoms with Crippen molar-refractivity contribution < 1.29 is 0 Å².